The van der Waals surface area contributed by atoms with Gasteiger partial charge in [0.1, 0.15) is 5.75 Å². The van der Waals surface area contributed by atoms with Gasteiger partial charge in [0.15, 0.2) is 0 Å². The van der Waals surface area contributed by atoms with Crippen molar-refractivity contribution in [3.63, 3.8) is 0 Å². The predicted octanol–water partition coefficient (Wildman–Crippen LogP) is 2.04. The molecule has 108 valence electrons. The second-order valence-electron chi connectivity index (χ2n) is 4.72. The third-order valence-electron chi connectivity index (χ3n) is 3.29. The maximum absolute atomic E-state index is 11.9. The maximum Gasteiger partial charge on any atom is 0.308 e. The van der Waals surface area contributed by atoms with Crippen LogP contribution >= 0.6 is 11.6 Å². The average molecular weight is 298 g/mol. The van der Waals surface area contributed by atoms with Gasteiger partial charge in [-0.3, -0.25) is 9.59 Å². The number of carboxylic acids is 1. The minimum Gasteiger partial charge on any atom is -0.493 e. The Morgan fingerprint density at radius 3 is 2.65 bits per heavy atom. The van der Waals surface area contributed by atoms with E-state index in [0.29, 0.717) is 30.3 Å². The lowest BCUT2D eigenvalue weighted by Crippen LogP contribution is -2.30. The van der Waals surface area contributed by atoms with Gasteiger partial charge >= 0.3 is 5.97 Å². The van der Waals surface area contributed by atoms with Crippen molar-refractivity contribution in [2.24, 2.45) is 5.92 Å². The molecule has 1 saturated heterocycles. The molecule has 0 aromatic heterocycles. The molecule has 20 heavy (non-hydrogen) atoms. The standard InChI is InChI=1S/C14H16ClNO4/c15-11-1-3-12(4-2-11)20-8-6-13(17)16-7-5-10(9-16)14(18)19/h1-4,10H,5-9H2,(H,18,19). The highest BCUT2D eigenvalue weighted by atomic mass is 35.5. The van der Waals surface area contributed by atoms with Gasteiger partial charge in [0.2, 0.25) is 5.91 Å². The van der Waals surface area contributed by atoms with Crippen molar-refractivity contribution >= 4 is 23.5 Å². The monoisotopic (exact) mass is 297 g/mol. The molecule has 1 aliphatic rings. The topological polar surface area (TPSA) is 66.8 Å². The minimum absolute atomic E-state index is 0.0669. The van der Waals surface area contributed by atoms with E-state index in [1.165, 1.54) is 0 Å². The third kappa shape index (κ3) is 3.87. The van der Waals surface area contributed by atoms with Crippen molar-refractivity contribution in [3.8, 4) is 5.75 Å². The molecule has 0 bridgehead atoms. The highest BCUT2D eigenvalue weighted by molar-refractivity contribution is 6.30. The molecule has 0 aliphatic carbocycles. The van der Waals surface area contributed by atoms with Crippen LogP contribution in [-0.2, 0) is 9.59 Å². The summed E-state index contributed by atoms with van der Waals surface area (Å²) in [6.45, 7) is 1.08. The lowest BCUT2D eigenvalue weighted by Gasteiger charge is -2.15. The van der Waals surface area contributed by atoms with Gasteiger partial charge in [0.25, 0.3) is 0 Å². The Labute approximate surface area is 122 Å². The van der Waals surface area contributed by atoms with Crippen molar-refractivity contribution in [1.82, 2.24) is 4.90 Å². The van der Waals surface area contributed by atoms with Crippen LogP contribution in [0, 0.1) is 5.92 Å². The fourth-order valence-electron chi connectivity index (χ4n) is 2.13. The Balaban J connectivity index is 1.73. The smallest absolute Gasteiger partial charge is 0.308 e. The Kier molecular flexibility index (Phi) is 4.84. The van der Waals surface area contributed by atoms with Crippen LogP contribution in [0.1, 0.15) is 12.8 Å². The second-order valence-corrected chi connectivity index (χ2v) is 5.15. The molecule has 0 radical (unpaired) electrons. The summed E-state index contributed by atoms with van der Waals surface area (Å²) in [5.41, 5.74) is 0. The van der Waals surface area contributed by atoms with Crippen LogP contribution in [-0.4, -0.2) is 41.6 Å². The number of aliphatic carboxylic acids is 1. The number of hydrogen-bond donors (Lipinski definition) is 1. The zero-order chi connectivity index (χ0) is 14.5. The Morgan fingerprint density at radius 2 is 2.05 bits per heavy atom. The average Bonchev–Trinajstić information content (AvgIpc) is 2.91. The molecular weight excluding hydrogens is 282 g/mol. The molecule has 0 spiro atoms. The van der Waals surface area contributed by atoms with Crippen molar-refractivity contribution in [2.45, 2.75) is 12.8 Å². The summed E-state index contributed by atoms with van der Waals surface area (Å²) in [5.74, 6) is -0.677. The fraction of sp³-hybridized carbons (Fsp3) is 0.429. The molecule has 1 amide bonds. The highest BCUT2D eigenvalue weighted by Gasteiger charge is 2.30. The van der Waals surface area contributed by atoms with Crippen molar-refractivity contribution < 1.29 is 19.4 Å². The molecule has 5 nitrogen and oxygen atoms in total. The van der Waals surface area contributed by atoms with Crippen LogP contribution in [0.4, 0.5) is 0 Å². The zero-order valence-corrected chi connectivity index (χ0v) is 11.7. The van der Waals surface area contributed by atoms with E-state index < -0.39 is 11.9 Å². The summed E-state index contributed by atoms with van der Waals surface area (Å²) >= 11 is 5.76. The number of halogens is 1. The maximum atomic E-state index is 11.9. The normalized spacial score (nSPS) is 18.1. The molecule has 1 N–H and O–H groups in total. The molecule has 1 aromatic carbocycles. The third-order valence-corrected chi connectivity index (χ3v) is 3.54. The van der Waals surface area contributed by atoms with Gasteiger partial charge in [0, 0.05) is 18.1 Å². The quantitative estimate of drug-likeness (QED) is 0.903. The molecule has 1 atom stereocenters. The number of benzene rings is 1. The lowest BCUT2D eigenvalue weighted by atomic mass is 10.1. The number of carbonyl (C=O) groups is 2. The SMILES string of the molecule is O=C(O)C1CCN(C(=O)CCOc2ccc(Cl)cc2)C1. The fourth-order valence-corrected chi connectivity index (χ4v) is 2.26. The molecule has 1 aliphatic heterocycles. The number of carboxylic acid groups (broad SMARTS) is 1. The van der Waals surface area contributed by atoms with Gasteiger partial charge in [-0.15, -0.1) is 0 Å². The number of ether oxygens (including phenoxy) is 1. The summed E-state index contributed by atoms with van der Waals surface area (Å²) in [5, 5.41) is 9.52. The Morgan fingerprint density at radius 1 is 1.35 bits per heavy atom. The second kappa shape index (κ2) is 6.61. The number of hydrogen-bond acceptors (Lipinski definition) is 3. The first-order valence-corrected chi connectivity index (χ1v) is 6.83. The summed E-state index contributed by atoms with van der Waals surface area (Å²) in [4.78, 5) is 24.3. The van der Waals surface area contributed by atoms with Gasteiger partial charge in [-0.25, -0.2) is 0 Å². The summed E-state index contributed by atoms with van der Waals surface area (Å²) in [7, 11) is 0. The first-order valence-electron chi connectivity index (χ1n) is 6.45. The van der Waals surface area contributed by atoms with Crippen LogP contribution in [0.2, 0.25) is 5.02 Å². The number of likely N-dealkylation sites (tertiary alicyclic amines) is 1. The van der Waals surface area contributed by atoms with Crippen LogP contribution in [0.25, 0.3) is 0 Å². The predicted molar refractivity (Wildman–Crippen MR) is 73.9 cm³/mol. The number of amides is 1. The van der Waals surface area contributed by atoms with Crippen LogP contribution in [0.3, 0.4) is 0 Å². The Bertz CT molecular complexity index is 488. The zero-order valence-electron chi connectivity index (χ0n) is 10.9. The number of nitrogens with zero attached hydrogens (tertiary/aromatic N) is 1. The van der Waals surface area contributed by atoms with E-state index in [1.807, 2.05) is 0 Å². The van der Waals surface area contributed by atoms with E-state index in [2.05, 4.69) is 0 Å². The van der Waals surface area contributed by atoms with Crippen LogP contribution in [0.15, 0.2) is 24.3 Å². The molecule has 2 rings (SSSR count). The first-order chi connectivity index (χ1) is 9.56. The van der Waals surface area contributed by atoms with Crippen molar-refractivity contribution in [1.29, 1.82) is 0 Å². The van der Waals surface area contributed by atoms with Gasteiger partial charge in [-0.2, -0.15) is 0 Å². The first kappa shape index (κ1) is 14.7. The molecule has 0 saturated carbocycles. The van der Waals surface area contributed by atoms with E-state index in [9.17, 15) is 9.59 Å². The minimum atomic E-state index is -0.835. The van der Waals surface area contributed by atoms with E-state index in [4.69, 9.17) is 21.4 Å². The summed E-state index contributed by atoms with van der Waals surface area (Å²) in [6.07, 6.45) is 0.772. The van der Waals surface area contributed by atoms with Crippen molar-refractivity contribution in [3.05, 3.63) is 29.3 Å². The number of carbonyl (C=O) groups excluding carboxylic acids is 1. The van der Waals surface area contributed by atoms with Gasteiger partial charge in [-0.1, -0.05) is 11.6 Å². The molecule has 1 fully saturated rings. The Hall–Kier alpha value is -1.75. The molecular formula is C14H16ClNO4. The van der Waals surface area contributed by atoms with Crippen molar-refractivity contribution in [2.75, 3.05) is 19.7 Å². The number of rotatable bonds is 5. The van der Waals surface area contributed by atoms with Gasteiger partial charge in [0.05, 0.1) is 18.9 Å². The van der Waals surface area contributed by atoms with E-state index in [0.717, 1.165) is 0 Å². The van der Waals surface area contributed by atoms with E-state index in [-0.39, 0.29) is 18.9 Å². The largest absolute Gasteiger partial charge is 0.493 e. The molecule has 6 heteroatoms. The van der Waals surface area contributed by atoms with Crippen LogP contribution in [0.5, 0.6) is 5.75 Å². The van der Waals surface area contributed by atoms with Gasteiger partial charge < -0.3 is 14.7 Å². The van der Waals surface area contributed by atoms with Crippen LogP contribution < -0.4 is 4.74 Å². The summed E-state index contributed by atoms with van der Waals surface area (Å²) in [6, 6.07) is 6.92. The molecule has 1 heterocycles. The molecule has 1 unspecified atom stereocenters. The molecule has 1 aromatic rings. The highest BCUT2D eigenvalue weighted by Crippen LogP contribution is 2.18. The van der Waals surface area contributed by atoms with E-state index in [1.54, 1.807) is 29.2 Å². The van der Waals surface area contributed by atoms with E-state index >= 15 is 0 Å². The lowest BCUT2D eigenvalue weighted by molar-refractivity contribution is -0.141. The summed E-state index contributed by atoms with van der Waals surface area (Å²) < 4.78 is 5.44. The van der Waals surface area contributed by atoms with Gasteiger partial charge in [-0.05, 0) is 30.7 Å².